The molecule has 21 heavy (non-hydrogen) atoms. The molecule has 8 heteroatoms. The highest BCUT2D eigenvalue weighted by atomic mass is 35.5. The molecule has 0 bridgehead atoms. The zero-order chi connectivity index (χ0) is 15.6. The van der Waals surface area contributed by atoms with Crippen LogP contribution in [0.4, 0.5) is 18.9 Å². The van der Waals surface area contributed by atoms with Gasteiger partial charge in [0, 0.05) is 17.3 Å². The van der Waals surface area contributed by atoms with Crippen LogP contribution in [0.2, 0.25) is 5.02 Å². The van der Waals surface area contributed by atoms with Gasteiger partial charge < -0.3 is 9.84 Å². The summed E-state index contributed by atoms with van der Waals surface area (Å²) < 4.78 is 41.6. The van der Waals surface area contributed by atoms with Gasteiger partial charge in [-0.1, -0.05) is 23.3 Å². The summed E-state index contributed by atoms with van der Waals surface area (Å²) in [6, 6.07) is 5.05. The fourth-order valence-corrected chi connectivity index (χ4v) is 1.81. The first-order valence-electron chi connectivity index (χ1n) is 5.58. The summed E-state index contributed by atoms with van der Waals surface area (Å²) in [6.07, 6.45) is -3.54. The van der Waals surface area contributed by atoms with Gasteiger partial charge in [-0.3, -0.25) is 4.79 Å². The molecule has 1 heterocycles. The third kappa shape index (κ3) is 3.43. The van der Waals surface area contributed by atoms with Crippen LogP contribution in [0.5, 0.6) is 0 Å². The topological polar surface area (TPSA) is 55.1 Å². The molecular weight excluding hydrogens is 309 g/mol. The Bertz CT molecular complexity index is 695. The Labute approximate surface area is 122 Å². The number of benzene rings is 1. The number of halogens is 4. The normalized spacial score (nSPS) is 11.2. The van der Waals surface area contributed by atoms with Gasteiger partial charge >= 0.3 is 6.18 Å². The Hall–Kier alpha value is -2.28. The molecule has 1 amide bonds. The second-order valence-electron chi connectivity index (χ2n) is 3.96. The molecule has 110 valence electrons. The van der Waals surface area contributed by atoms with Crippen molar-refractivity contribution in [2.24, 2.45) is 0 Å². The lowest BCUT2D eigenvalue weighted by Gasteiger charge is -2.05. The van der Waals surface area contributed by atoms with E-state index in [0.717, 1.165) is 12.1 Å². The lowest BCUT2D eigenvalue weighted by atomic mass is 10.1. The Morgan fingerprint density at radius 2 is 2.10 bits per heavy atom. The Kier molecular flexibility index (Phi) is 4.04. The first-order chi connectivity index (χ1) is 9.81. The number of nitrogens with zero attached hydrogens (tertiary/aromatic N) is 1. The number of amides is 1. The molecule has 2 aromatic rings. The summed E-state index contributed by atoms with van der Waals surface area (Å²) in [6.45, 7) is 3.30. The second kappa shape index (κ2) is 5.61. The molecule has 0 saturated carbocycles. The lowest BCUT2D eigenvalue weighted by Crippen LogP contribution is -2.07. The van der Waals surface area contributed by atoms with Crippen molar-refractivity contribution < 1.29 is 22.5 Å². The van der Waals surface area contributed by atoms with E-state index < -0.39 is 17.8 Å². The van der Waals surface area contributed by atoms with Crippen molar-refractivity contribution in [3.8, 4) is 11.3 Å². The molecule has 0 aliphatic heterocycles. The van der Waals surface area contributed by atoms with Crippen molar-refractivity contribution in [1.29, 1.82) is 0 Å². The predicted molar refractivity (Wildman–Crippen MR) is 70.8 cm³/mol. The third-order valence-corrected chi connectivity index (χ3v) is 2.80. The van der Waals surface area contributed by atoms with Gasteiger partial charge in [-0.05, 0) is 24.3 Å². The maximum Gasteiger partial charge on any atom is 0.452 e. The first kappa shape index (κ1) is 15.1. The molecule has 0 aliphatic carbocycles. The summed E-state index contributed by atoms with van der Waals surface area (Å²) in [5, 5.41) is 5.94. The minimum absolute atomic E-state index is 0.0473. The molecule has 0 spiro atoms. The van der Waals surface area contributed by atoms with Gasteiger partial charge in [0.15, 0.2) is 0 Å². The van der Waals surface area contributed by atoms with Gasteiger partial charge in [0.2, 0.25) is 11.7 Å². The summed E-state index contributed by atoms with van der Waals surface area (Å²) in [5.74, 6) is -1.64. The number of hydrogen-bond acceptors (Lipinski definition) is 3. The van der Waals surface area contributed by atoms with Crippen LogP contribution in [-0.2, 0) is 11.0 Å². The largest absolute Gasteiger partial charge is 0.452 e. The first-order valence-corrected chi connectivity index (χ1v) is 5.96. The van der Waals surface area contributed by atoms with E-state index in [2.05, 4.69) is 21.6 Å². The molecule has 4 nitrogen and oxygen atoms in total. The van der Waals surface area contributed by atoms with E-state index in [1.165, 1.54) is 18.2 Å². The molecule has 1 aromatic carbocycles. The van der Waals surface area contributed by atoms with E-state index in [0.29, 0.717) is 5.69 Å². The van der Waals surface area contributed by atoms with E-state index in [-0.39, 0.29) is 16.3 Å². The average molecular weight is 317 g/mol. The molecule has 0 atom stereocenters. The molecule has 0 aliphatic rings. The lowest BCUT2D eigenvalue weighted by molar-refractivity contribution is -0.155. The summed E-state index contributed by atoms with van der Waals surface area (Å²) in [5.41, 5.74) is 0.592. The highest BCUT2D eigenvalue weighted by molar-refractivity contribution is 6.33. The molecule has 0 fully saturated rings. The summed E-state index contributed by atoms with van der Waals surface area (Å²) in [4.78, 5) is 11.1. The summed E-state index contributed by atoms with van der Waals surface area (Å²) in [7, 11) is 0. The van der Waals surface area contributed by atoms with E-state index in [9.17, 15) is 18.0 Å². The van der Waals surface area contributed by atoms with Gasteiger partial charge in [-0.25, -0.2) is 0 Å². The van der Waals surface area contributed by atoms with Crippen LogP contribution in [0.15, 0.2) is 41.4 Å². The van der Waals surface area contributed by atoms with Gasteiger partial charge in [-0.2, -0.15) is 13.2 Å². The van der Waals surface area contributed by atoms with Crippen LogP contribution in [0.25, 0.3) is 11.3 Å². The highest BCUT2D eigenvalue weighted by Gasteiger charge is 2.36. The van der Waals surface area contributed by atoms with E-state index in [1.54, 1.807) is 0 Å². The number of aromatic nitrogens is 1. The molecule has 1 aromatic heterocycles. The van der Waals surface area contributed by atoms with Crippen molar-refractivity contribution in [2.45, 2.75) is 6.18 Å². The monoisotopic (exact) mass is 316 g/mol. The minimum Gasteiger partial charge on any atom is -0.351 e. The van der Waals surface area contributed by atoms with Crippen molar-refractivity contribution >= 4 is 23.2 Å². The molecule has 0 radical (unpaired) electrons. The maximum absolute atomic E-state index is 12.4. The van der Waals surface area contributed by atoms with Crippen LogP contribution in [0.1, 0.15) is 5.76 Å². The zero-order valence-corrected chi connectivity index (χ0v) is 11.1. The number of carbonyl (C=O) groups is 1. The number of carbonyl (C=O) groups excluding carboxylic acids is 1. The zero-order valence-electron chi connectivity index (χ0n) is 10.4. The Balaban J connectivity index is 2.31. The maximum atomic E-state index is 12.4. The predicted octanol–water partition coefficient (Wildman–Crippen LogP) is 4.14. The van der Waals surface area contributed by atoms with Gasteiger partial charge in [0.1, 0.15) is 5.69 Å². The molecule has 1 N–H and O–H groups in total. The third-order valence-electron chi connectivity index (χ3n) is 2.49. The minimum atomic E-state index is -4.62. The number of alkyl halides is 3. The van der Waals surface area contributed by atoms with Crippen LogP contribution < -0.4 is 5.32 Å². The molecule has 0 unspecified atom stereocenters. The van der Waals surface area contributed by atoms with E-state index in [1.807, 2.05) is 0 Å². The quantitative estimate of drug-likeness (QED) is 0.866. The van der Waals surface area contributed by atoms with E-state index >= 15 is 0 Å². The van der Waals surface area contributed by atoms with Crippen LogP contribution >= 0.6 is 11.6 Å². The number of nitrogens with one attached hydrogen (secondary N) is 1. The molecule has 2 rings (SSSR count). The van der Waals surface area contributed by atoms with Gasteiger partial charge in [0.05, 0.1) is 5.02 Å². The smallest absolute Gasteiger partial charge is 0.351 e. The average Bonchev–Trinajstić information content (AvgIpc) is 2.88. The van der Waals surface area contributed by atoms with Crippen molar-refractivity contribution in [3.05, 3.63) is 47.7 Å². The van der Waals surface area contributed by atoms with E-state index in [4.69, 9.17) is 11.6 Å². The van der Waals surface area contributed by atoms with Gasteiger partial charge in [0.25, 0.3) is 0 Å². The van der Waals surface area contributed by atoms with Crippen molar-refractivity contribution in [3.63, 3.8) is 0 Å². The van der Waals surface area contributed by atoms with Crippen molar-refractivity contribution in [1.82, 2.24) is 5.16 Å². The molecular formula is C13H8ClF3N2O2. The van der Waals surface area contributed by atoms with Crippen LogP contribution in [0, 0.1) is 0 Å². The standard InChI is InChI=1S/C13H8ClF3N2O2/c1-2-12(20)18-7-3-4-8(9(14)5-7)10-6-11(21-19-10)13(15,16)17/h2-6H,1H2,(H,18,20). The summed E-state index contributed by atoms with van der Waals surface area (Å²) >= 11 is 5.97. The van der Waals surface area contributed by atoms with Crippen LogP contribution in [0.3, 0.4) is 0 Å². The fourth-order valence-electron chi connectivity index (χ4n) is 1.53. The Morgan fingerprint density at radius 3 is 2.62 bits per heavy atom. The molecule has 0 saturated heterocycles. The number of rotatable bonds is 3. The second-order valence-corrected chi connectivity index (χ2v) is 4.37. The number of anilines is 1. The fraction of sp³-hybridized carbons (Fsp3) is 0.0769. The van der Waals surface area contributed by atoms with Crippen molar-refractivity contribution in [2.75, 3.05) is 5.32 Å². The Morgan fingerprint density at radius 1 is 1.38 bits per heavy atom. The number of hydrogen-bond donors (Lipinski definition) is 1. The highest BCUT2D eigenvalue weighted by Crippen LogP contribution is 2.35. The van der Waals surface area contributed by atoms with Gasteiger partial charge in [-0.15, -0.1) is 0 Å². The van der Waals surface area contributed by atoms with Crippen LogP contribution in [-0.4, -0.2) is 11.1 Å². The SMILES string of the molecule is C=CC(=O)Nc1ccc(-c2cc(C(F)(F)F)on2)c(Cl)c1.